The second kappa shape index (κ2) is 7.04. The van der Waals surface area contributed by atoms with E-state index in [9.17, 15) is 5.11 Å². The Balaban J connectivity index is 1.86. The largest absolute Gasteiger partial charge is 0.493 e. The molecule has 2 heterocycles. The van der Waals surface area contributed by atoms with Crippen LogP contribution in [-0.2, 0) is 6.42 Å². The molecule has 1 unspecified atom stereocenters. The monoisotopic (exact) mass is 401 g/mol. The smallest absolute Gasteiger partial charge is 0.460 e. The Morgan fingerprint density at radius 2 is 1.86 bits per heavy atom. The highest BCUT2D eigenvalue weighted by Crippen LogP contribution is 2.45. The van der Waals surface area contributed by atoms with Crippen LogP contribution < -0.4 is 18.9 Å². The van der Waals surface area contributed by atoms with Gasteiger partial charge in [0.15, 0.2) is 23.0 Å². The lowest BCUT2D eigenvalue weighted by Crippen LogP contribution is -2.30. The van der Waals surface area contributed by atoms with E-state index < -0.39 is 5.43 Å². The first kappa shape index (κ1) is 18.7. The summed E-state index contributed by atoms with van der Waals surface area (Å²) in [6.07, 6.45) is 3.53. The normalized spacial score (nSPS) is 17.8. The first-order chi connectivity index (χ1) is 13.5. The molecule has 28 heavy (non-hydrogen) atoms. The molecule has 7 heteroatoms. The van der Waals surface area contributed by atoms with Crippen molar-refractivity contribution in [2.75, 3.05) is 14.2 Å². The first-order valence-electron chi connectivity index (χ1n) is 8.93. The molecule has 0 fully saturated rings. The number of rotatable bonds is 5. The van der Waals surface area contributed by atoms with Gasteiger partial charge < -0.3 is 24.1 Å². The van der Waals surface area contributed by atoms with Gasteiger partial charge in [-0.2, -0.15) is 0 Å². The maximum atomic E-state index is 9.83. The lowest BCUT2D eigenvalue weighted by molar-refractivity contribution is -0.177. The van der Waals surface area contributed by atoms with Crippen LogP contribution in [0.3, 0.4) is 0 Å². The number of methoxy groups -OCH3 is 2. The standard InChI is InChI=1S/C21H20ClNO5/c1-4-5-12-9-18-19(28-21(22,24)27-18)10-14(12)16-8-13-6-7-17(25-2)20(26-3)15(13)11-23-16/h6-11,24H,4-5H2,1-3H3. The molecule has 6 nitrogen and oxygen atoms in total. The molecule has 0 saturated carbocycles. The van der Waals surface area contributed by atoms with Gasteiger partial charge in [0.25, 0.3) is 0 Å². The van der Waals surface area contributed by atoms with E-state index in [4.69, 9.17) is 30.5 Å². The molecular formula is C21H20ClNO5. The Bertz CT molecular complexity index is 1050. The van der Waals surface area contributed by atoms with Gasteiger partial charge in [-0.3, -0.25) is 4.98 Å². The molecule has 1 aromatic heterocycles. The number of ether oxygens (including phenoxy) is 4. The number of alkyl halides is 1. The SMILES string of the molecule is CCCc1cc2c(cc1-c1cc3ccc(OC)c(OC)c3cn1)OC(O)(Cl)O2. The van der Waals surface area contributed by atoms with E-state index in [-0.39, 0.29) is 0 Å². The molecule has 0 saturated heterocycles. The van der Waals surface area contributed by atoms with Crippen molar-refractivity contribution in [1.29, 1.82) is 0 Å². The maximum Gasteiger partial charge on any atom is 0.460 e. The summed E-state index contributed by atoms with van der Waals surface area (Å²) >= 11 is 5.77. The molecule has 0 amide bonds. The third kappa shape index (κ3) is 3.19. The number of hydrogen-bond donors (Lipinski definition) is 1. The van der Waals surface area contributed by atoms with Crippen molar-refractivity contribution in [3.63, 3.8) is 0 Å². The van der Waals surface area contributed by atoms with Crippen molar-refractivity contribution < 1.29 is 24.1 Å². The van der Waals surface area contributed by atoms with E-state index in [1.165, 1.54) is 0 Å². The average molecular weight is 402 g/mol. The second-order valence-electron chi connectivity index (χ2n) is 6.51. The van der Waals surface area contributed by atoms with Crippen molar-refractivity contribution in [3.05, 3.63) is 42.1 Å². The predicted octanol–water partition coefficient (Wildman–Crippen LogP) is 4.49. The summed E-state index contributed by atoms with van der Waals surface area (Å²) < 4.78 is 21.4. The van der Waals surface area contributed by atoms with Crippen LogP contribution in [0.2, 0.25) is 0 Å². The van der Waals surface area contributed by atoms with Crippen LogP contribution in [0.5, 0.6) is 23.0 Å². The second-order valence-corrected chi connectivity index (χ2v) is 6.98. The Morgan fingerprint density at radius 1 is 1.11 bits per heavy atom. The minimum atomic E-state index is -2.18. The molecule has 1 aliphatic heterocycles. The summed E-state index contributed by atoms with van der Waals surface area (Å²) in [5, 5.41) is 11.7. The van der Waals surface area contributed by atoms with Crippen LogP contribution in [-0.4, -0.2) is 29.7 Å². The van der Waals surface area contributed by atoms with Crippen molar-refractivity contribution in [1.82, 2.24) is 4.98 Å². The molecule has 1 atom stereocenters. The number of pyridine rings is 1. The number of benzene rings is 2. The molecule has 146 valence electrons. The molecule has 0 bridgehead atoms. The van der Waals surface area contributed by atoms with Gasteiger partial charge in [0.05, 0.1) is 19.9 Å². The van der Waals surface area contributed by atoms with Gasteiger partial charge in [-0.15, -0.1) is 0 Å². The number of halogens is 1. The summed E-state index contributed by atoms with van der Waals surface area (Å²) in [6.45, 7) is 2.09. The molecule has 1 N–H and O–H groups in total. The Labute approximate surface area is 167 Å². The van der Waals surface area contributed by atoms with E-state index in [2.05, 4.69) is 11.9 Å². The zero-order valence-electron chi connectivity index (χ0n) is 15.8. The zero-order valence-corrected chi connectivity index (χ0v) is 16.5. The number of hydrogen-bond acceptors (Lipinski definition) is 6. The fourth-order valence-electron chi connectivity index (χ4n) is 3.46. The van der Waals surface area contributed by atoms with Gasteiger partial charge in [0.1, 0.15) is 0 Å². The highest BCUT2D eigenvalue weighted by molar-refractivity contribution is 6.21. The maximum absolute atomic E-state index is 9.83. The van der Waals surface area contributed by atoms with Gasteiger partial charge >= 0.3 is 5.43 Å². The number of aryl methyl sites for hydroxylation is 1. The third-order valence-corrected chi connectivity index (χ3v) is 4.83. The van der Waals surface area contributed by atoms with E-state index in [0.29, 0.717) is 23.0 Å². The molecule has 0 spiro atoms. The average Bonchev–Trinajstić information content (AvgIpc) is 2.98. The summed E-state index contributed by atoms with van der Waals surface area (Å²) in [6, 6.07) is 9.46. The predicted molar refractivity (Wildman–Crippen MR) is 106 cm³/mol. The molecule has 1 aliphatic rings. The van der Waals surface area contributed by atoms with Crippen LogP contribution in [0.25, 0.3) is 22.0 Å². The molecular weight excluding hydrogens is 382 g/mol. The van der Waals surface area contributed by atoms with Crippen LogP contribution in [0, 0.1) is 0 Å². The summed E-state index contributed by atoms with van der Waals surface area (Å²) in [7, 11) is 3.21. The fraction of sp³-hybridized carbons (Fsp3) is 0.286. The highest BCUT2D eigenvalue weighted by atomic mass is 35.5. The Hall–Kier alpha value is -2.70. The lowest BCUT2D eigenvalue weighted by atomic mass is 9.98. The van der Waals surface area contributed by atoms with Gasteiger partial charge in [0, 0.05) is 28.7 Å². The quantitative estimate of drug-likeness (QED) is 0.635. The van der Waals surface area contributed by atoms with Crippen LogP contribution in [0.4, 0.5) is 0 Å². The summed E-state index contributed by atoms with van der Waals surface area (Å²) in [5.41, 5.74) is 0.534. The number of aromatic nitrogens is 1. The third-order valence-electron chi connectivity index (χ3n) is 4.68. The number of fused-ring (bicyclic) bond motifs is 2. The van der Waals surface area contributed by atoms with E-state index >= 15 is 0 Å². The van der Waals surface area contributed by atoms with Crippen molar-refractivity contribution in [3.8, 4) is 34.3 Å². The van der Waals surface area contributed by atoms with Gasteiger partial charge in [-0.1, -0.05) is 19.4 Å². The topological polar surface area (TPSA) is 70.0 Å². The number of nitrogens with zero attached hydrogens (tertiary/aromatic N) is 1. The lowest BCUT2D eigenvalue weighted by Gasteiger charge is -2.13. The summed E-state index contributed by atoms with van der Waals surface area (Å²) in [4.78, 5) is 4.64. The van der Waals surface area contributed by atoms with Gasteiger partial charge in [0.2, 0.25) is 0 Å². The van der Waals surface area contributed by atoms with E-state index in [1.807, 2.05) is 24.3 Å². The van der Waals surface area contributed by atoms with Crippen molar-refractivity contribution in [2.45, 2.75) is 25.2 Å². The van der Waals surface area contributed by atoms with Crippen LogP contribution in [0.15, 0.2) is 36.5 Å². The van der Waals surface area contributed by atoms with Crippen molar-refractivity contribution in [2.24, 2.45) is 0 Å². The molecule has 4 rings (SSSR count). The fourth-order valence-corrected chi connectivity index (χ4v) is 3.63. The minimum absolute atomic E-state index is 0.376. The molecule has 3 aromatic rings. The molecule has 0 radical (unpaired) electrons. The van der Waals surface area contributed by atoms with E-state index in [0.717, 1.165) is 40.4 Å². The van der Waals surface area contributed by atoms with Crippen LogP contribution in [0.1, 0.15) is 18.9 Å². The highest BCUT2D eigenvalue weighted by Gasteiger charge is 2.38. The van der Waals surface area contributed by atoms with Crippen LogP contribution >= 0.6 is 11.6 Å². The molecule has 2 aromatic carbocycles. The van der Waals surface area contributed by atoms with E-state index in [1.54, 1.807) is 26.5 Å². The Morgan fingerprint density at radius 3 is 2.54 bits per heavy atom. The molecule has 0 aliphatic carbocycles. The zero-order chi connectivity index (χ0) is 19.9. The first-order valence-corrected chi connectivity index (χ1v) is 9.31. The minimum Gasteiger partial charge on any atom is -0.493 e. The Kier molecular flexibility index (Phi) is 4.69. The van der Waals surface area contributed by atoms with Gasteiger partial charge in [-0.05, 0) is 41.6 Å². The van der Waals surface area contributed by atoms with Gasteiger partial charge in [-0.25, -0.2) is 0 Å². The van der Waals surface area contributed by atoms with Crippen molar-refractivity contribution >= 4 is 22.4 Å². The summed E-state index contributed by atoms with van der Waals surface area (Å²) in [5.74, 6) is 2.09. The number of aliphatic hydroxyl groups is 1.